The van der Waals surface area contributed by atoms with Gasteiger partial charge >= 0.3 is 0 Å². The molecule has 0 radical (unpaired) electrons. The van der Waals surface area contributed by atoms with Crippen LogP contribution in [0.4, 0.5) is 5.69 Å². The number of hydrogen-bond acceptors (Lipinski definition) is 6. The lowest BCUT2D eigenvalue weighted by Crippen LogP contribution is -2.14. The monoisotopic (exact) mass is 430 g/mol. The van der Waals surface area contributed by atoms with Crippen molar-refractivity contribution >= 4 is 35.0 Å². The summed E-state index contributed by atoms with van der Waals surface area (Å²) in [5, 5.41) is 12.5. The lowest BCUT2D eigenvalue weighted by molar-refractivity contribution is -0.113. The molecule has 2 heterocycles. The summed E-state index contributed by atoms with van der Waals surface area (Å²) in [6.45, 7) is 1.27. The highest BCUT2D eigenvalue weighted by Gasteiger charge is 2.16. The number of carbonyl (C=O) groups is 1. The molecule has 0 atom stereocenters. The number of ether oxygens (including phenoxy) is 2. The van der Waals surface area contributed by atoms with E-state index in [1.165, 1.54) is 11.8 Å². The predicted octanol–water partition coefficient (Wildman–Crippen LogP) is 4.03. The standard InChI is InChI=1S/C20H19ClN4O3S/c1-25-19(13-6-7-16-17(10-13)28-9-3-8-27-16)23-24-20(25)29-12-18(26)22-15-5-2-4-14(21)11-15/h2,4-7,10-11H,3,8-9,12H2,1H3,(H,22,26). The van der Waals surface area contributed by atoms with Crippen molar-refractivity contribution in [3.05, 3.63) is 47.5 Å². The van der Waals surface area contributed by atoms with Gasteiger partial charge in [0.1, 0.15) is 0 Å². The molecule has 1 amide bonds. The number of hydrogen-bond donors (Lipinski definition) is 1. The van der Waals surface area contributed by atoms with E-state index in [2.05, 4.69) is 15.5 Å². The summed E-state index contributed by atoms with van der Waals surface area (Å²) in [6.07, 6.45) is 0.853. The van der Waals surface area contributed by atoms with Crippen molar-refractivity contribution in [3.63, 3.8) is 0 Å². The van der Waals surface area contributed by atoms with Crippen LogP contribution in [-0.4, -0.2) is 39.6 Å². The van der Waals surface area contributed by atoms with Crippen molar-refractivity contribution in [3.8, 4) is 22.9 Å². The Labute approximate surface area is 177 Å². The van der Waals surface area contributed by atoms with Gasteiger partial charge in [-0.05, 0) is 36.4 Å². The lowest BCUT2D eigenvalue weighted by Gasteiger charge is -2.09. The highest BCUT2D eigenvalue weighted by Crippen LogP contribution is 2.34. The summed E-state index contributed by atoms with van der Waals surface area (Å²) in [5.41, 5.74) is 1.54. The van der Waals surface area contributed by atoms with E-state index in [1.807, 2.05) is 29.8 Å². The maximum absolute atomic E-state index is 12.2. The maximum atomic E-state index is 12.2. The maximum Gasteiger partial charge on any atom is 0.234 e. The van der Waals surface area contributed by atoms with Gasteiger partial charge in [-0.15, -0.1) is 10.2 Å². The topological polar surface area (TPSA) is 78.3 Å². The average Bonchev–Trinajstić information content (AvgIpc) is 2.92. The van der Waals surface area contributed by atoms with Gasteiger partial charge in [-0.25, -0.2) is 0 Å². The Morgan fingerprint density at radius 3 is 2.83 bits per heavy atom. The third-order valence-corrected chi connectivity index (χ3v) is 5.54. The molecule has 0 fully saturated rings. The number of aromatic nitrogens is 3. The molecule has 3 aromatic rings. The number of thioether (sulfide) groups is 1. The van der Waals surface area contributed by atoms with Crippen LogP contribution in [0.1, 0.15) is 6.42 Å². The molecule has 0 spiro atoms. The molecule has 1 aromatic heterocycles. The van der Waals surface area contributed by atoms with Gasteiger partial charge in [0.15, 0.2) is 22.5 Å². The Morgan fingerprint density at radius 2 is 2.00 bits per heavy atom. The Kier molecular flexibility index (Phi) is 5.92. The smallest absolute Gasteiger partial charge is 0.234 e. The Hall–Kier alpha value is -2.71. The van der Waals surface area contributed by atoms with E-state index in [1.54, 1.807) is 24.3 Å². The van der Waals surface area contributed by atoms with Crippen LogP contribution in [0.25, 0.3) is 11.4 Å². The zero-order valence-corrected chi connectivity index (χ0v) is 17.3. The number of fused-ring (bicyclic) bond motifs is 1. The number of benzene rings is 2. The fraction of sp³-hybridized carbons (Fsp3) is 0.250. The molecule has 0 saturated heterocycles. The molecular formula is C20H19ClN4O3S. The fourth-order valence-electron chi connectivity index (χ4n) is 2.89. The highest BCUT2D eigenvalue weighted by atomic mass is 35.5. The van der Waals surface area contributed by atoms with E-state index < -0.39 is 0 Å². The first kappa shape index (κ1) is 19.6. The molecule has 0 saturated carbocycles. The number of amides is 1. The summed E-state index contributed by atoms with van der Waals surface area (Å²) >= 11 is 7.26. The third-order valence-electron chi connectivity index (χ3n) is 4.28. The van der Waals surface area contributed by atoms with Crippen molar-refractivity contribution in [1.29, 1.82) is 0 Å². The number of rotatable bonds is 5. The van der Waals surface area contributed by atoms with Gasteiger partial charge in [-0.2, -0.15) is 0 Å². The van der Waals surface area contributed by atoms with E-state index in [0.717, 1.165) is 17.7 Å². The zero-order chi connectivity index (χ0) is 20.2. The van der Waals surface area contributed by atoms with Crippen LogP contribution < -0.4 is 14.8 Å². The van der Waals surface area contributed by atoms with Crippen LogP contribution >= 0.6 is 23.4 Å². The van der Waals surface area contributed by atoms with Gasteiger partial charge in [-0.1, -0.05) is 29.4 Å². The minimum absolute atomic E-state index is 0.141. The molecule has 150 valence electrons. The minimum Gasteiger partial charge on any atom is -0.490 e. The Bertz CT molecular complexity index is 1040. The van der Waals surface area contributed by atoms with Crippen molar-refractivity contribution in [1.82, 2.24) is 14.8 Å². The summed E-state index contributed by atoms with van der Waals surface area (Å²) in [4.78, 5) is 12.2. The Morgan fingerprint density at radius 1 is 1.17 bits per heavy atom. The summed E-state index contributed by atoms with van der Waals surface area (Å²) in [5.74, 6) is 2.20. The van der Waals surface area contributed by atoms with E-state index in [9.17, 15) is 4.79 Å². The largest absolute Gasteiger partial charge is 0.490 e. The van der Waals surface area contributed by atoms with Gasteiger partial charge in [0.05, 0.1) is 19.0 Å². The Balaban J connectivity index is 1.43. The summed E-state index contributed by atoms with van der Waals surface area (Å²) in [6, 6.07) is 12.8. The molecule has 7 nitrogen and oxygen atoms in total. The normalized spacial score (nSPS) is 13.0. The molecule has 0 unspecified atom stereocenters. The molecule has 4 rings (SSSR count). The van der Waals surface area contributed by atoms with Gasteiger partial charge in [0.2, 0.25) is 5.91 Å². The lowest BCUT2D eigenvalue weighted by atomic mass is 10.2. The first-order chi connectivity index (χ1) is 14.1. The third kappa shape index (κ3) is 4.65. The zero-order valence-electron chi connectivity index (χ0n) is 15.7. The molecule has 1 N–H and O–H groups in total. The number of anilines is 1. The first-order valence-electron chi connectivity index (χ1n) is 9.08. The first-order valence-corrected chi connectivity index (χ1v) is 10.4. The van der Waals surface area contributed by atoms with Crippen LogP contribution in [-0.2, 0) is 11.8 Å². The fourth-order valence-corrected chi connectivity index (χ4v) is 3.79. The van der Waals surface area contributed by atoms with Crippen molar-refractivity contribution < 1.29 is 14.3 Å². The van der Waals surface area contributed by atoms with E-state index >= 15 is 0 Å². The SMILES string of the molecule is Cn1c(SCC(=O)Nc2cccc(Cl)c2)nnc1-c1ccc2c(c1)OCCCO2. The molecule has 0 aliphatic carbocycles. The molecule has 29 heavy (non-hydrogen) atoms. The number of carbonyl (C=O) groups excluding carboxylic acids is 1. The number of nitrogens with one attached hydrogen (secondary N) is 1. The quantitative estimate of drug-likeness (QED) is 0.616. The predicted molar refractivity (Wildman–Crippen MR) is 113 cm³/mol. The highest BCUT2D eigenvalue weighted by molar-refractivity contribution is 7.99. The van der Waals surface area contributed by atoms with Gasteiger partial charge < -0.3 is 19.4 Å². The molecule has 9 heteroatoms. The second-order valence-corrected chi connectivity index (χ2v) is 7.80. The van der Waals surface area contributed by atoms with Crippen LogP contribution in [0.3, 0.4) is 0 Å². The van der Waals surface area contributed by atoms with Gasteiger partial charge in [-0.3, -0.25) is 4.79 Å². The van der Waals surface area contributed by atoms with Crippen LogP contribution in [0.5, 0.6) is 11.5 Å². The molecule has 0 bridgehead atoms. The van der Waals surface area contributed by atoms with E-state index in [-0.39, 0.29) is 11.7 Å². The summed E-state index contributed by atoms with van der Waals surface area (Å²) < 4.78 is 13.3. The average molecular weight is 431 g/mol. The van der Waals surface area contributed by atoms with Gasteiger partial charge in [0.25, 0.3) is 0 Å². The van der Waals surface area contributed by atoms with Crippen molar-refractivity contribution in [2.45, 2.75) is 11.6 Å². The van der Waals surface area contributed by atoms with Crippen LogP contribution in [0.2, 0.25) is 5.02 Å². The summed E-state index contributed by atoms with van der Waals surface area (Å²) in [7, 11) is 1.87. The number of nitrogens with zero attached hydrogens (tertiary/aromatic N) is 3. The second kappa shape index (κ2) is 8.75. The molecular weight excluding hydrogens is 412 g/mol. The number of halogens is 1. The molecule has 2 aromatic carbocycles. The van der Waals surface area contributed by atoms with Crippen molar-refractivity contribution in [2.75, 3.05) is 24.3 Å². The minimum atomic E-state index is -0.141. The van der Waals surface area contributed by atoms with E-state index in [0.29, 0.717) is 40.7 Å². The van der Waals surface area contributed by atoms with E-state index in [4.69, 9.17) is 21.1 Å². The molecule has 1 aliphatic heterocycles. The van der Waals surface area contributed by atoms with Crippen LogP contribution in [0.15, 0.2) is 47.6 Å². The van der Waals surface area contributed by atoms with Crippen molar-refractivity contribution in [2.24, 2.45) is 7.05 Å². The van der Waals surface area contributed by atoms with Crippen LogP contribution in [0, 0.1) is 0 Å². The van der Waals surface area contributed by atoms with Gasteiger partial charge in [0, 0.05) is 29.7 Å². The second-order valence-electron chi connectivity index (χ2n) is 6.42. The molecule has 1 aliphatic rings.